The monoisotopic (exact) mass is 314 g/mol. The Morgan fingerprint density at radius 2 is 2.13 bits per heavy atom. The van der Waals surface area contributed by atoms with Crippen LogP contribution in [-0.2, 0) is 6.54 Å². The molecule has 0 N–H and O–H groups in total. The minimum absolute atomic E-state index is 0.0190. The number of urea groups is 1. The third-order valence-electron chi connectivity index (χ3n) is 4.26. The van der Waals surface area contributed by atoms with Crippen molar-refractivity contribution < 1.29 is 9.32 Å². The molecule has 1 aromatic carbocycles. The first kappa shape index (κ1) is 15.5. The van der Waals surface area contributed by atoms with Gasteiger partial charge in [-0.1, -0.05) is 48.3 Å². The number of aromatic nitrogens is 2. The lowest BCUT2D eigenvalue weighted by molar-refractivity contribution is 0.137. The van der Waals surface area contributed by atoms with E-state index in [1.807, 2.05) is 42.3 Å². The van der Waals surface area contributed by atoms with Crippen LogP contribution in [0.4, 0.5) is 4.79 Å². The summed E-state index contributed by atoms with van der Waals surface area (Å²) in [5.41, 5.74) is 1.12. The molecule has 0 unspecified atom stereocenters. The number of hydrogen-bond acceptors (Lipinski definition) is 4. The van der Waals surface area contributed by atoms with Crippen LogP contribution >= 0.6 is 0 Å². The second-order valence-corrected chi connectivity index (χ2v) is 5.97. The highest BCUT2D eigenvalue weighted by Crippen LogP contribution is 2.29. The van der Waals surface area contributed by atoms with Gasteiger partial charge in [0.15, 0.2) is 5.82 Å². The Morgan fingerprint density at radius 1 is 1.30 bits per heavy atom. The van der Waals surface area contributed by atoms with E-state index in [-0.39, 0.29) is 12.1 Å². The van der Waals surface area contributed by atoms with Gasteiger partial charge < -0.3 is 14.3 Å². The van der Waals surface area contributed by atoms with Gasteiger partial charge in [0.2, 0.25) is 6.39 Å². The van der Waals surface area contributed by atoms with E-state index < -0.39 is 0 Å². The van der Waals surface area contributed by atoms with Crippen LogP contribution in [0.1, 0.15) is 43.1 Å². The van der Waals surface area contributed by atoms with Crippen molar-refractivity contribution in [3.63, 3.8) is 0 Å². The molecule has 1 aromatic heterocycles. The molecule has 0 bridgehead atoms. The number of benzene rings is 1. The summed E-state index contributed by atoms with van der Waals surface area (Å²) < 4.78 is 4.88. The Kier molecular flexibility index (Phi) is 4.90. The van der Waals surface area contributed by atoms with Crippen molar-refractivity contribution in [2.45, 2.75) is 38.3 Å². The average Bonchev–Trinajstić information content (AvgIpc) is 2.99. The van der Waals surface area contributed by atoms with E-state index in [4.69, 9.17) is 4.52 Å². The summed E-state index contributed by atoms with van der Waals surface area (Å²) in [6, 6.07) is 9.94. The van der Waals surface area contributed by atoms with E-state index >= 15 is 0 Å². The number of nitrogens with zero attached hydrogens (tertiary/aromatic N) is 4. The quantitative estimate of drug-likeness (QED) is 0.872. The Bertz CT molecular complexity index is 615. The maximum Gasteiger partial charge on any atom is 0.320 e. The molecule has 6 nitrogen and oxygen atoms in total. The molecule has 1 atom stereocenters. The highest BCUT2D eigenvalue weighted by Gasteiger charge is 2.31. The van der Waals surface area contributed by atoms with Gasteiger partial charge in [0, 0.05) is 20.1 Å². The van der Waals surface area contributed by atoms with E-state index in [1.54, 1.807) is 4.90 Å². The second-order valence-electron chi connectivity index (χ2n) is 5.97. The zero-order valence-electron chi connectivity index (χ0n) is 13.4. The van der Waals surface area contributed by atoms with Crippen LogP contribution in [0.15, 0.2) is 41.2 Å². The van der Waals surface area contributed by atoms with E-state index in [0.717, 1.165) is 37.8 Å². The SMILES string of the molecule is CN(Cc1ccccc1)C(=O)N1CCCCC[C@H]1c1ncon1. The van der Waals surface area contributed by atoms with Crippen LogP contribution in [0.3, 0.4) is 0 Å². The maximum absolute atomic E-state index is 12.9. The molecule has 1 fully saturated rings. The molecule has 2 amide bonds. The fourth-order valence-corrected chi connectivity index (χ4v) is 3.08. The second kappa shape index (κ2) is 7.26. The molecular weight excluding hydrogens is 292 g/mol. The lowest BCUT2D eigenvalue weighted by atomic mass is 10.1. The predicted molar refractivity (Wildman–Crippen MR) is 85.5 cm³/mol. The zero-order chi connectivity index (χ0) is 16.1. The molecule has 1 aliphatic heterocycles. The Balaban J connectivity index is 1.74. The summed E-state index contributed by atoms with van der Waals surface area (Å²) in [4.78, 5) is 20.7. The van der Waals surface area contributed by atoms with Crippen molar-refractivity contribution >= 4 is 6.03 Å². The molecule has 3 rings (SSSR count). The van der Waals surface area contributed by atoms with Gasteiger partial charge >= 0.3 is 6.03 Å². The van der Waals surface area contributed by atoms with Crippen LogP contribution in [-0.4, -0.2) is 39.6 Å². The van der Waals surface area contributed by atoms with Crippen molar-refractivity contribution in [1.82, 2.24) is 19.9 Å². The number of carbonyl (C=O) groups excluding carboxylic acids is 1. The van der Waals surface area contributed by atoms with Crippen LogP contribution in [0.5, 0.6) is 0 Å². The van der Waals surface area contributed by atoms with Gasteiger partial charge in [0.05, 0.1) is 6.04 Å². The lowest BCUT2D eigenvalue weighted by Crippen LogP contribution is -2.43. The van der Waals surface area contributed by atoms with Gasteiger partial charge in [-0.2, -0.15) is 4.98 Å². The summed E-state index contributed by atoms with van der Waals surface area (Å²) in [5, 5.41) is 3.96. The topological polar surface area (TPSA) is 62.5 Å². The highest BCUT2D eigenvalue weighted by atomic mass is 16.5. The van der Waals surface area contributed by atoms with Gasteiger partial charge in [-0.25, -0.2) is 4.79 Å². The minimum Gasteiger partial charge on any atom is -0.343 e. The molecule has 2 aromatic rings. The van der Waals surface area contributed by atoms with Crippen LogP contribution in [0.25, 0.3) is 0 Å². The van der Waals surface area contributed by atoms with Gasteiger partial charge in [-0.05, 0) is 18.4 Å². The summed E-state index contributed by atoms with van der Waals surface area (Å²) in [7, 11) is 1.84. The molecule has 0 aliphatic carbocycles. The number of amides is 2. The maximum atomic E-state index is 12.9. The predicted octanol–water partition coefficient (Wildman–Crippen LogP) is 3.24. The van der Waals surface area contributed by atoms with Crippen molar-refractivity contribution in [3.05, 3.63) is 48.1 Å². The molecule has 0 radical (unpaired) electrons. The number of likely N-dealkylation sites (tertiary alicyclic amines) is 1. The summed E-state index contributed by atoms with van der Waals surface area (Å²) >= 11 is 0. The molecule has 23 heavy (non-hydrogen) atoms. The molecule has 1 aliphatic rings. The van der Waals surface area contributed by atoms with Crippen molar-refractivity contribution in [3.8, 4) is 0 Å². The first-order chi connectivity index (χ1) is 11.3. The minimum atomic E-state index is -0.0954. The van der Waals surface area contributed by atoms with Gasteiger partial charge in [-0.3, -0.25) is 0 Å². The van der Waals surface area contributed by atoms with E-state index in [0.29, 0.717) is 12.4 Å². The van der Waals surface area contributed by atoms with Crippen molar-refractivity contribution in [2.75, 3.05) is 13.6 Å². The van der Waals surface area contributed by atoms with Gasteiger partial charge in [0.25, 0.3) is 0 Å². The van der Waals surface area contributed by atoms with Gasteiger partial charge in [0.1, 0.15) is 0 Å². The van der Waals surface area contributed by atoms with Crippen LogP contribution in [0, 0.1) is 0 Å². The molecule has 6 heteroatoms. The molecule has 0 spiro atoms. The summed E-state index contributed by atoms with van der Waals surface area (Å²) in [6.45, 7) is 1.33. The molecule has 2 heterocycles. The third kappa shape index (κ3) is 3.70. The Hall–Kier alpha value is -2.37. The lowest BCUT2D eigenvalue weighted by Gasteiger charge is -2.32. The fraction of sp³-hybridized carbons (Fsp3) is 0.471. The first-order valence-electron chi connectivity index (χ1n) is 8.07. The van der Waals surface area contributed by atoms with E-state index in [9.17, 15) is 4.79 Å². The summed E-state index contributed by atoms with van der Waals surface area (Å²) in [5.74, 6) is 0.605. The smallest absolute Gasteiger partial charge is 0.320 e. The Labute approximate surface area is 136 Å². The van der Waals surface area contributed by atoms with Crippen molar-refractivity contribution in [1.29, 1.82) is 0 Å². The van der Waals surface area contributed by atoms with E-state index in [2.05, 4.69) is 10.1 Å². The summed E-state index contributed by atoms with van der Waals surface area (Å²) in [6.07, 6.45) is 5.42. The van der Waals surface area contributed by atoms with Crippen LogP contribution < -0.4 is 0 Å². The largest absolute Gasteiger partial charge is 0.343 e. The van der Waals surface area contributed by atoms with Gasteiger partial charge in [-0.15, -0.1) is 0 Å². The normalized spacial score (nSPS) is 18.5. The fourth-order valence-electron chi connectivity index (χ4n) is 3.08. The standard InChI is InChI=1S/C17H22N4O2/c1-20(12-14-8-4-2-5-9-14)17(22)21-11-7-3-6-10-15(21)16-18-13-23-19-16/h2,4-5,8-9,13,15H,3,6-7,10-12H2,1H3/t15-/m0/s1. The van der Waals surface area contributed by atoms with E-state index in [1.165, 1.54) is 6.39 Å². The molecule has 0 saturated carbocycles. The molecular formula is C17H22N4O2. The average molecular weight is 314 g/mol. The molecule has 122 valence electrons. The number of carbonyl (C=O) groups is 1. The Morgan fingerprint density at radius 3 is 2.87 bits per heavy atom. The number of hydrogen-bond donors (Lipinski definition) is 0. The number of rotatable bonds is 3. The van der Waals surface area contributed by atoms with Crippen LogP contribution in [0.2, 0.25) is 0 Å². The molecule has 1 saturated heterocycles. The zero-order valence-corrected chi connectivity index (χ0v) is 13.4. The first-order valence-corrected chi connectivity index (χ1v) is 8.07. The highest BCUT2D eigenvalue weighted by molar-refractivity contribution is 5.74. The third-order valence-corrected chi connectivity index (χ3v) is 4.26. The van der Waals surface area contributed by atoms with Crippen molar-refractivity contribution in [2.24, 2.45) is 0 Å².